The summed E-state index contributed by atoms with van der Waals surface area (Å²) in [4.78, 5) is 0. The molecule has 7 rings (SSSR count). The van der Waals surface area contributed by atoms with Gasteiger partial charge >= 0.3 is 0 Å². The molecule has 4 unspecified atom stereocenters. The van der Waals surface area contributed by atoms with E-state index in [0.717, 1.165) is 35.6 Å². The molecule has 0 spiro atoms. The summed E-state index contributed by atoms with van der Waals surface area (Å²) in [5.74, 6) is 2.84. The first-order valence-electron chi connectivity index (χ1n) is 18.9. The first kappa shape index (κ1) is 38.8. The quantitative estimate of drug-likeness (QED) is 0.124. The molecule has 0 bridgehead atoms. The molecule has 0 aliphatic rings. The van der Waals surface area contributed by atoms with Gasteiger partial charge in [-0.3, -0.25) is 0 Å². The Kier molecular flexibility index (Phi) is 14.3. The number of hydrogen-bond donors (Lipinski definition) is 3. The lowest BCUT2D eigenvalue weighted by Gasteiger charge is -2.20. The Hall–Kier alpha value is -5.38. The third-order valence-electron chi connectivity index (χ3n) is 10.4. The Labute approximate surface area is 316 Å². The second-order valence-electron chi connectivity index (χ2n) is 14.2. The predicted molar refractivity (Wildman–Crippen MR) is 224 cm³/mol. The average molecular weight is 703 g/mol. The summed E-state index contributed by atoms with van der Waals surface area (Å²) in [5.41, 5.74) is 6.43. The number of aromatic hydroxyl groups is 2. The van der Waals surface area contributed by atoms with Crippen molar-refractivity contribution in [1.82, 2.24) is 0 Å². The lowest BCUT2D eigenvalue weighted by atomic mass is 9.85. The highest BCUT2D eigenvalue weighted by Gasteiger charge is 2.15. The number of phenolic OH excluding ortho intramolecular Hbond substituents is 2. The Morgan fingerprint density at radius 1 is 0.434 bits per heavy atom. The summed E-state index contributed by atoms with van der Waals surface area (Å²) in [6.45, 7) is 9.12. The lowest BCUT2D eigenvalue weighted by Crippen LogP contribution is -2.03. The van der Waals surface area contributed by atoms with Gasteiger partial charge in [0.2, 0.25) is 0 Å². The zero-order valence-electron chi connectivity index (χ0n) is 31.6. The first-order valence-corrected chi connectivity index (χ1v) is 18.9. The fourth-order valence-corrected chi connectivity index (χ4v) is 7.29. The molecule has 0 fully saturated rings. The van der Waals surface area contributed by atoms with Gasteiger partial charge in [-0.1, -0.05) is 161 Å². The summed E-state index contributed by atoms with van der Waals surface area (Å²) >= 11 is 0. The third kappa shape index (κ3) is 10.8. The molecule has 0 amide bonds. The molecular weight excluding hydrogens is 649 g/mol. The van der Waals surface area contributed by atoms with Crippen molar-refractivity contribution >= 4 is 21.5 Å². The molecular formula is C50H54O3. The van der Waals surface area contributed by atoms with Crippen molar-refractivity contribution in [2.24, 2.45) is 0 Å². The Balaban J connectivity index is 0.000000154. The van der Waals surface area contributed by atoms with E-state index >= 15 is 0 Å². The Morgan fingerprint density at radius 2 is 0.811 bits per heavy atom. The highest BCUT2D eigenvalue weighted by Crippen LogP contribution is 2.33. The fourth-order valence-electron chi connectivity index (χ4n) is 7.29. The van der Waals surface area contributed by atoms with Crippen LogP contribution < -0.4 is 0 Å². The highest BCUT2D eigenvalue weighted by atomic mass is 16.3. The van der Waals surface area contributed by atoms with Crippen molar-refractivity contribution in [3.05, 3.63) is 192 Å². The van der Waals surface area contributed by atoms with Crippen molar-refractivity contribution in [2.75, 3.05) is 0 Å². The molecule has 0 saturated heterocycles. The summed E-state index contributed by atoms with van der Waals surface area (Å²) in [7, 11) is 0. The van der Waals surface area contributed by atoms with Crippen molar-refractivity contribution in [3.63, 3.8) is 0 Å². The second-order valence-corrected chi connectivity index (χ2v) is 14.2. The normalized spacial score (nSPS) is 13.2. The van der Waals surface area contributed by atoms with E-state index in [-0.39, 0.29) is 6.61 Å². The summed E-state index contributed by atoms with van der Waals surface area (Å²) < 4.78 is 0. The zero-order chi connectivity index (χ0) is 37.6. The fraction of sp³-hybridized carbons (Fsp3) is 0.240. The lowest BCUT2D eigenvalue weighted by molar-refractivity contribution is 0.285. The van der Waals surface area contributed by atoms with Crippen LogP contribution in [0.3, 0.4) is 0 Å². The van der Waals surface area contributed by atoms with Gasteiger partial charge in [-0.05, 0) is 123 Å². The van der Waals surface area contributed by atoms with Crippen LogP contribution in [0.15, 0.2) is 164 Å². The number of rotatable bonds is 10. The SMILES string of the molecule is CC(CC(C)c1ccc(O)cc1)c1ccccc1.CCC(CC(C)c1ccccc1)c1ccc(O)cc1.OCc1c2ccccc2cc2ccccc12. The van der Waals surface area contributed by atoms with Gasteiger partial charge in [0, 0.05) is 0 Å². The maximum absolute atomic E-state index is 9.53. The maximum atomic E-state index is 9.53. The van der Waals surface area contributed by atoms with Crippen molar-refractivity contribution in [1.29, 1.82) is 0 Å². The second kappa shape index (κ2) is 19.5. The van der Waals surface area contributed by atoms with E-state index in [4.69, 9.17) is 0 Å². The molecule has 0 aromatic heterocycles. The molecule has 3 nitrogen and oxygen atoms in total. The summed E-state index contributed by atoms with van der Waals surface area (Å²) in [6.07, 6.45) is 3.39. The molecule has 0 aliphatic carbocycles. The van der Waals surface area contributed by atoms with Crippen LogP contribution in [0.1, 0.15) is 98.4 Å². The maximum Gasteiger partial charge on any atom is 0.115 e. The van der Waals surface area contributed by atoms with Gasteiger partial charge in [-0.15, -0.1) is 0 Å². The zero-order valence-corrected chi connectivity index (χ0v) is 31.6. The van der Waals surface area contributed by atoms with Crippen LogP contribution in [-0.2, 0) is 6.61 Å². The van der Waals surface area contributed by atoms with E-state index in [0.29, 0.717) is 35.2 Å². The number of benzene rings is 7. The molecule has 7 aromatic rings. The van der Waals surface area contributed by atoms with Crippen molar-refractivity contribution in [2.45, 2.75) is 77.2 Å². The van der Waals surface area contributed by atoms with Crippen LogP contribution in [-0.4, -0.2) is 15.3 Å². The summed E-state index contributed by atoms with van der Waals surface area (Å²) in [6, 6.07) is 55.0. The van der Waals surface area contributed by atoms with Gasteiger partial charge in [-0.2, -0.15) is 0 Å². The minimum Gasteiger partial charge on any atom is -0.508 e. The number of phenols is 2. The molecule has 0 heterocycles. The number of fused-ring (bicyclic) bond motifs is 2. The molecule has 3 heteroatoms. The Bertz CT molecular complexity index is 2050. The van der Waals surface area contributed by atoms with Gasteiger partial charge in [0.1, 0.15) is 11.5 Å². The number of aliphatic hydroxyl groups is 1. The standard InChI is InChI=1S/C18H22O.C17H20O.C15H12O/c1-3-15(17-9-11-18(19)12-10-17)13-14(2)16-7-5-4-6-8-16;1-13(15-6-4-3-5-7-15)12-14(2)16-8-10-17(18)11-9-16;16-10-15-13-7-3-1-5-11(13)9-12-6-2-4-8-14(12)15/h4-12,14-15,19H,3,13H2,1-2H3;3-11,13-14,18H,12H2,1-2H3;1-9,16H,10H2. The van der Waals surface area contributed by atoms with Crippen molar-refractivity contribution in [3.8, 4) is 11.5 Å². The van der Waals surface area contributed by atoms with E-state index in [1.807, 2.05) is 48.5 Å². The van der Waals surface area contributed by atoms with E-state index in [9.17, 15) is 15.3 Å². The van der Waals surface area contributed by atoms with E-state index in [1.54, 1.807) is 24.3 Å². The van der Waals surface area contributed by atoms with Crippen LogP contribution in [0.2, 0.25) is 0 Å². The van der Waals surface area contributed by atoms with E-state index in [1.165, 1.54) is 33.0 Å². The number of aliphatic hydroxyl groups excluding tert-OH is 1. The largest absolute Gasteiger partial charge is 0.508 e. The molecule has 0 saturated carbocycles. The molecule has 4 atom stereocenters. The van der Waals surface area contributed by atoms with E-state index in [2.05, 4.69) is 119 Å². The van der Waals surface area contributed by atoms with Crippen LogP contribution in [0.25, 0.3) is 21.5 Å². The molecule has 7 aromatic carbocycles. The van der Waals surface area contributed by atoms with Crippen LogP contribution in [0.5, 0.6) is 11.5 Å². The third-order valence-corrected chi connectivity index (χ3v) is 10.4. The van der Waals surface area contributed by atoms with Crippen LogP contribution >= 0.6 is 0 Å². The molecule has 272 valence electrons. The van der Waals surface area contributed by atoms with Gasteiger partial charge in [0.15, 0.2) is 0 Å². The topological polar surface area (TPSA) is 60.7 Å². The monoisotopic (exact) mass is 702 g/mol. The number of hydrogen-bond acceptors (Lipinski definition) is 3. The molecule has 0 radical (unpaired) electrons. The van der Waals surface area contributed by atoms with E-state index < -0.39 is 0 Å². The van der Waals surface area contributed by atoms with Gasteiger partial charge in [0.05, 0.1) is 6.61 Å². The van der Waals surface area contributed by atoms with Crippen LogP contribution in [0.4, 0.5) is 0 Å². The molecule has 0 aliphatic heterocycles. The minimum atomic E-state index is 0.0852. The van der Waals surface area contributed by atoms with Gasteiger partial charge in [-0.25, -0.2) is 0 Å². The van der Waals surface area contributed by atoms with Gasteiger partial charge in [0.25, 0.3) is 0 Å². The average Bonchev–Trinajstić information content (AvgIpc) is 3.20. The molecule has 53 heavy (non-hydrogen) atoms. The predicted octanol–water partition coefficient (Wildman–Crippen LogP) is 13.3. The van der Waals surface area contributed by atoms with Crippen LogP contribution in [0, 0.1) is 0 Å². The first-order chi connectivity index (χ1) is 25.8. The highest BCUT2D eigenvalue weighted by molar-refractivity contribution is 6.02. The van der Waals surface area contributed by atoms with Gasteiger partial charge < -0.3 is 15.3 Å². The minimum absolute atomic E-state index is 0.0852. The Morgan fingerprint density at radius 3 is 1.25 bits per heavy atom. The smallest absolute Gasteiger partial charge is 0.115 e. The molecule has 3 N–H and O–H groups in total. The summed E-state index contributed by atoms with van der Waals surface area (Å²) in [5, 5.41) is 32.9. The van der Waals surface area contributed by atoms with Crippen molar-refractivity contribution < 1.29 is 15.3 Å².